The summed E-state index contributed by atoms with van der Waals surface area (Å²) in [6.45, 7) is 3.99. The molecule has 2 aromatic rings. The van der Waals surface area contributed by atoms with E-state index in [4.69, 9.17) is 5.73 Å². The number of amides is 2. The molecule has 0 aliphatic heterocycles. The molecule has 0 atom stereocenters. The standard InChI is InChI=1S/C28H42N4O6.CH4/c29-13-3-18-32(28(38)12-8-22-6-10-24(34)26(36)20-22)17-2-1-14-30-15-4-16-31-27(37)11-7-21-5-9-23(33)25(35)19-21;/h5-6,9-10,19-20,30,33-36H,1-4,7-8,11-18,29H2,(H,31,37);1H4. The van der Waals surface area contributed by atoms with Crippen LogP contribution in [0.4, 0.5) is 0 Å². The molecule has 2 rings (SSSR count). The summed E-state index contributed by atoms with van der Waals surface area (Å²) < 4.78 is 0. The number of nitrogens with one attached hydrogen (secondary N) is 2. The number of aromatic hydroxyl groups is 4. The Morgan fingerprint density at radius 1 is 0.718 bits per heavy atom. The maximum atomic E-state index is 12.7. The van der Waals surface area contributed by atoms with Gasteiger partial charge in [-0.2, -0.15) is 0 Å². The number of benzene rings is 2. The minimum atomic E-state index is -0.184. The van der Waals surface area contributed by atoms with Crippen LogP contribution in [0, 0.1) is 0 Å². The van der Waals surface area contributed by atoms with E-state index in [0.29, 0.717) is 51.9 Å². The minimum absolute atomic E-state index is 0. The molecule has 10 nitrogen and oxygen atoms in total. The number of nitrogens with two attached hydrogens (primary N) is 1. The van der Waals surface area contributed by atoms with Gasteiger partial charge in [-0.05, 0) is 93.6 Å². The molecular weight excluding hydrogens is 500 g/mol. The summed E-state index contributed by atoms with van der Waals surface area (Å²) in [6, 6.07) is 9.17. The molecule has 218 valence electrons. The Labute approximate surface area is 231 Å². The lowest BCUT2D eigenvalue weighted by molar-refractivity contribution is -0.131. The van der Waals surface area contributed by atoms with Crippen LogP contribution < -0.4 is 16.4 Å². The van der Waals surface area contributed by atoms with Gasteiger partial charge in [0.1, 0.15) is 0 Å². The summed E-state index contributed by atoms with van der Waals surface area (Å²) in [5, 5.41) is 44.1. The lowest BCUT2D eigenvalue weighted by Crippen LogP contribution is -2.34. The van der Waals surface area contributed by atoms with Crippen molar-refractivity contribution in [3.8, 4) is 23.0 Å². The van der Waals surface area contributed by atoms with E-state index in [1.165, 1.54) is 24.3 Å². The fourth-order valence-electron chi connectivity index (χ4n) is 3.97. The quantitative estimate of drug-likeness (QED) is 0.111. The summed E-state index contributed by atoms with van der Waals surface area (Å²) in [5.74, 6) is -0.715. The average Bonchev–Trinajstić information content (AvgIpc) is 2.90. The van der Waals surface area contributed by atoms with Crippen molar-refractivity contribution in [2.75, 3.05) is 39.3 Å². The molecule has 0 aliphatic carbocycles. The fourth-order valence-corrected chi connectivity index (χ4v) is 3.97. The molecule has 39 heavy (non-hydrogen) atoms. The van der Waals surface area contributed by atoms with Crippen molar-refractivity contribution in [1.82, 2.24) is 15.5 Å². The fraction of sp³-hybridized carbons (Fsp3) is 0.517. The lowest BCUT2D eigenvalue weighted by Gasteiger charge is -2.23. The number of carbonyl (C=O) groups is 2. The molecule has 0 aliphatic rings. The van der Waals surface area contributed by atoms with Crippen LogP contribution in [-0.4, -0.2) is 76.4 Å². The topological polar surface area (TPSA) is 168 Å². The molecular formula is C29H46N4O6. The number of phenolic OH excluding ortho intramolecular Hbond substituents is 4. The molecule has 0 heterocycles. The number of carbonyl (C=O) groups excluding carboxylic acids is 2. The highest BCUT2D eigenvalue weighted by Crippen LogP contribution is 2.26. The minimum Gasteiger partial charge on any atom is -0.504 e. The van der Waals surface area contributed by atoms with E-state index in [1.807, 2.05) is 4.90 Å². The van der Waals surface area contributed by atoms with E-state index < -0.39 is 0 Å². The first kappa shape index (κ1) is 33.5. The molecule has 2 aromatic carbocycles. The smallest absolute Gasteiger partial charge is 0.222 e. The lowest BCUT2D eigenvalue weighted by atomic mass is 10.1. The van der Waals surface area contributed by atoms with Gasteiger partial charge < -0.3 is 41.7 Å². The molecule has 0 aromatic heterocycles. The zero-order valence-corrected chi connectivity index (χ0v) is 22.0. The van der Waals surface area contributed by atoms with Gasteiger partial charge in [0.2, 0.25) is 11.8 Å². The number of unbranched alkanes of at least 4 members (excludes halogenated alkanes) is 1. The van der Waals surface area contributed by atoms with Gasteiger partial charge >= 0.3 is 0 Å². The van der Waals surface area contributed by atoms with E-state index in [-0.39, 0.29) is 42.2 Å². The largest absolute Gasteiger partial charge is 0.504 e. The maximum Gasteiger partial charge on any atom is 0.222 e. The molecule has 10 heteroatoms. The molecule has 0 fully saturated rings. The normalized spacial score (nSPS) is 10.6. The van der Waals surface area contributed by atoms with Crippen LogP contribution in [0.3, 0.4) is 0 Å². The summed E-state index contributed by atoms with van der Waals surface area (Å²) in [4.78, 5) is 26.6. The van der Waals surface area contributed by atoms with Crippen LogP contribution in [0.1, 0.15) is 57.1 Å². The highest BCUT2D eigenvalue weighted by molar-refractivity contribution is 5.76. The Kier molecular flexibility index (Phi) is 16.1. The Balaban J connectivity index is 0.00000760. The predicted octanol–water partition coefficient (Wildman–Crippen LogP) is 2.76. The zero-order chi connectivity index (χ0) is 27.8. The molecule has 0 bridgehead atoms. The number of phenols is 4. The second-order valence-electron chi connectivity index (χ2n) is 9.33. The molecule has 0 saturated carbocycles. The van der Waals surface area contributed by atoms with E-state index in [9.17, 15) is 30.0 Å². The van der Waals surface area contributed by atoms with E-state index >= 15 is 0 Å². The van der Waals surface area contributed by atoms with Gasteiger partial charge in [-0.3, -0.25) is 9.59 Å². The van der Waals surface area contributed by atoms with E-state index in [0.717, 1.165) is 49.9 Å². The highest BCUT2D eigenvalue weighted by Gasteiger charge is 2.13. The molecule has 0 saturated heterocycles. The molecule has 0 spiro atoms. The van der Waals surface area contributed by atoms with Crippen LogP contribution in [0.5, 0.6) is 23.0 Å². The van der Waals surface area contributed by atoms with Crippen molar-refractivity contribution in [3.05, 3.63) is 47.5 Å². The summed E-state index contributed by atoms with van der Waals surface area (Å²) in [5.41, 5.74) is 7.22. The molecule has 2 amide bonds. The van der Waals surface area contributed by atoms with Gasteiger partial charge in [-0.15, -0.1) is 0 Å². The number of hydrogen-bond acceptors (Lipinski definition) is 8. The third kappa shape index (κ3) is 13.2. The second kappa shape index (κ2) is 18.7. The number of aryl methyl sites for hydroxylation is 2. The van der Waals surface area contributed by atoms with Gasteiger partial charge in [-0.25, -0.2) is 0 Å². The Morgan fingerprint density at radius 3 is 1.87 bits per heavy atom. The zero-order valence-electron chi connectivity index (χ0n) is 22.0. The number of hydrogen-bond donors (Lipinski definition) is 7. The van der Waals surface area contributed by atoms with Crippen molar-refractivity contribution in [2.45, 2.75) is 58.8 Å². The molecule has 0 radical (unpaired) electrons. The first-order valence-electron chi connectivity index (χ1n) is 13.3. The highest BCUT2D eigenvalue weighted by atomic mass is 16.3. The number of nitrogens with zero attached hydrogens (tertiary/aromatic N) is 1. The van der Waals surface area contributed by atoms with Crippen molar-refractivity contribution in [2.24, 2.45) is 5.73 Å². The number of rotatable bonds is 18. The van der Waals surface area contributed by atoms with Crippen LogP contribution in [0.15, 0.2) is 36.4 Å². The SMILES string of the molecule is C.NCCCN(CCCCNCCCNC(=O)CCc1ccc(O)c(O)c1)C(=O)CCc1ccc(O)c(O)c1. The molecule has 0 unspecified atom stereocenters. The summed E-state index contributed by atoms with van der Waals surface area (Å²) in [7, 11) is 0. The molecule has 8 N–H and O–H groups in total. The van der Waals surface area contributed by atoms with Crippen LogP contribution in [0.2, 0.25) is 0 Å². The first-order chi connectivity index (χ1) is 18.3. The summed E-state index contributed by atoms with van der Waals surface area (Å²) >= 11 is 0. The maximum absolute atomic E-state index is 12.7. The van der Waals surface area contributed by atoms with Crippen molar-refractivity contribution in [1.29, 1.82) is 0 Å². The Morgan fingerprint density at radius 2 is 1.28 bits per heavy atom. The van der Waals surface area contributed by atoms with Crippen molar-refractivity contribution >= 4 is 11.8 Å². The third-order valence-corrected chi connectivity index (χ3v) is 6.22. The first-order valence-corrected chi connectivity index (χ1v) is 13.3. The van der Waals surface area contributed by atoms with Gasteiger partial charge in [-0.1, -0.05) is 19.6 Å². The average molecular weight is 547 g/mol. The van der Waals surface area contributed by atoms with Gasteiger partial charge in [0, 0.05) is 32.5 Å². The Hall–Kier alpha value is -3.50. The van der Waals surface area contributed by atoms with Gasteiger partial charge in [0.25, 0.3) is 0 Å². The van der Waals surface area contributed by atoms with Crippen LogP contribution in [-0.2, 0) is 22.4 Å². The van der Waals surface area contributed by atoms with Gasteiger partial charge in [0.15, 0.2) is 23.0 Å². The monoisotopic (exact) mass is 546 g/mol. The van der Waals surface area contributed by atoms with Crippen LogP contribution in [0.25, 0.3) is 0 Å². The predicted molar refractivity (Wildman–Crippen MR) is 153 cm³/mol. The third-order valence-electron chi connectivity index (χ3n) is 6.22. The van der Waals surface area contributed by atoms with Crippen molar-refractivity contribution < 1.29 is 30.0 Å². The second-order valence-corrected chi connectivity index (χ2v) is 9.33. The van der Waals surface area contributed by atoms with E-state index in [2.05, 4.69) is 10.6 Å². The summed E-state index contributed by atoms with van der Waals surface area (Å²) in [6.07, 6.45) is 4.96. The Bertz CT molecular complexity index is 1020. The van der Waals surface area contributed by atoms with E-state index in [1.54, 1.807) is 12.1 Å². The van der Waals surface area contributed by atoms with Gasteiger partial charge in [0.05, 0.1) is 0 Å². The van der Waals surface area contributed by atoms with Crippen LogP contribution >= 0.6 is 0 Å². The van der Waals surface area contributed by atoms with Crippen molar-refractivity contribution in [3.63, 3.8) is 0 Å².